The predicted octanol–water partition coefficient (Wildman–Crippen LogP) is 5.24. The number of aromatic nitrogens is 2. The molecule has 67 heavy (non-hydrogen) atoms. The molecule has 0 saturated carbocycles. The molecule has 11 rings (SSSR count). The van der Waals surface area contributed by atoms with Crippen molar-refractivity contribution in [2.75, 3.05) is 73.4 Å². The number of ketones is 1. The molecule has 1 spiro atoms. The lowest BCUT2D eigenvalue weighted by molar-refractivity contribution is -0.136. The highest BCUT2D eigenvalue weighted by Gasteiger charge is 2.52. The maximum atomic E-state index is 15.8. The molecule has 8 heterocycles. The van der Waals surface area contributed by atoms with Crippen LogP contribution in [0.4, 0.5) is 30.2 Å². The third-order valence-electron chi connectivity index (χ3n) is 14.5. The topological polar surface area (TPSA) is 171 Å². The first kappa shape index (κ1) is 43.3. The van der Waals surface area contributed by atoms with E-state index in [-0.39, 0.29) is 48.7 Å². The molecule has 0 radical (unpaired) electrons. The van der Waals surface area contributed by atoms with Crippen LogP contribution < -0.4 is 19.8 Å². The van der Waals surface area contributed by atoms with Crippen molar-refractivity contribution >= 4 is 61.8 Å². The van der Waals surface area contributed by atoms with Crippen LogP contribution in [0.1, 0.15) is 63.9 Å². The Morgan fingerprint density at radius 3 is 2.36 bits per heavy atom. The zero-order valence-corrected chi connectivity index (χ0v) is 37.3. The molecule has 6 aliphatic heterocycles. The lowest BCUT2D eigenvalue weighted by Crippen LogP contribution is -2.72. The monoisotopic (exact) mass is 935 g/mol. The van der Waals surface area contributed by atoms with Gasteiger partial charge in [0.2, 0.25) is 17.6 Å². The number of carbonyl (C=O) groups is 4. The third kappa shape index (κ3) is 7.89. The zero-order valence-electron chi connectivity index (χ0n) is 36.4. The Hall–Kier alpha value is -6.31. The number of hydrogen-bond acceptors (Lipinski definition) is 10. The number of fused-ring (bicyclic) bond motifs is 2. The maximum Gasteiger partial charge on any atom is 0.301 e. The summed E-state index contributed by atoms with van der Waals surface area (Å²) < 4.78 is 73.1. The fraction of sp³-hybridized carbons (Fsp3) is 0.396. The van der Waals surface area contributed by atoms with Crippen LogP contribution in [0, 0.1) is 23.0 Å². The summed E-state index contributed by atoms with van der Waals surface area (Å²) in [5.74, 6) is -3.78. The average Bonchev–Trinajstić information content (AvgIpc) is 4.02. The Balaban J connectivity index is 0.671. The zero-order chi connectivity index (χ0) is 46.4. The van der Waals surface area contributed by atoms with Gasteiger partial charge >= 0.3 is 10.2 Å². The minimum atomic E-state index is -4.35. The Kier molecular flexibility index (Phi) is 10.6. The Morgan fingerprint density at radius 2 is 1.63 bits per heavy atom. The molecule has 15 nitrogen and oxygen atoms in total. The van der Waals surface area contributed by atoms with Gasteiger partial charge in [0.15, 0.2) is 5.82 Å². The third-order valence-corrected chi connectivity index (χ3v) is 16.0. The maximum absolute atomic E-state index is 15.8. The van der Waals surface area contributed by atoms with Crippen molar-refractivity contribution in [3.63, 3.8) is 0 Å². The van der Waals surface area contributed by atoms with E-state index in [0.29, 0.717) is 41.0 Å². The van der Waals surface area contributed by atoms with E-state index >= 15 is 8.78 Å². The normalized spacial score (nSPS) is 22.3. The number of imide groups is 1. The first-order chi connectivity index (χ1) is 32.2. The van der Waals surface area contributed by atoms with Gasteiger partial charge in [-0.3, -0.25) is 29.2 Å². The molecule has 5 saturated heterocycles. The van der Waals surface area contributed by atoms with E-state index in [1.54, 1.807) is 17.2 Å². The molecule has 19 heteroatoms. The summed E-state index contributed by atoms with van der Waals surface area (Å²) in [6.07, 6.45) is 4.38. The molecule has 2 atom stereocenters. The van der Waals surface area contributed by atoms with Gasteiger partial charge in [0.05, 0.1) is 11.3 Å². The Bertz CT molecular complexity index is 2960. The molecule has 5 aromatic rings. The minimum Gasteiger partial charge on any atom is -0.372 e. The van der Waals surface area contributed by atoms with Crippen molar-refractivity contribution in [1.82, 2.24) is 29.4 Å². The van der Waals surface area contributed by atoms with E-state index in [0.717, 1.165) is 97.6 Å². The molecular formula is C48H48F3N9O6S. The van der Waals surface area contributed by atoms with Gasteiger partial charge in [0.25, 0.3) is 5.91 Å². The molecule has 0 bridgehead atoms. The number of aromatic amines is 1. The number of nitrogens with zero attached hydrogens (tertiary/aromatic N) is 6. The minimum absolute atomic E-state index is 0.00522. The second-order valence-electron chi connectivity index (χ2n) is 19.0. The van der Waals surface area contributed by atoms with Crippen LogP contribution in [0.3, 0.4) is 0 Å². The number of amides is 3. The van der Waals surface area contributed by atoms with Crippen molar-refractivity contribution in [1.29, 1.82) is 0 Å². The van der Waals surface area contributed by atoms with Crippen LogP contribution in [0.2, 0.25) is 0 Å². The highest BCUT2D eigenvalue weighted by molar-refractivity contribution is 7.90. The van der Waals surface area contributed by atoms with Crippen molar-refractivity contribution in [2.24, 2.45) is 11.3 Å². The Labute approximate surface area is 384 Å². The highest BCUT2D eigenvalue weighted by atomic mass is 32.2. The number of alkyl halides is 1. The van der Waals surface area contributed by atoms with E-state index in [4.69, 9.17) is 0 Å². The smallest absolute Gasteiger partial charge is 0.301 e. The number of carbonyl (C=O) groups excluding carboxylic acids is 4. The van der Waals surface area contributed by atoms with E-state index < -0.39 is 57.0 Å². The first-order valence-electron chi connectivity index (χ1n) is 22.7. The van der Waals surface area contributed by atoms with Crippen LogP contribution in [0.5, 0.6) is 0 Å². The van der Waals surface area contributed by atoms with Crippen LogP contribution in [-0.4, -0.2) is 127 Å². The lowest BCUT2D eigenvalue weighted by Gasteiger charge is -2.61. The summed E-state index contributed by atoms with van der Waals surface area (Å²) in [7, 11) is -4.35. The number of halogens is 3. The van der Waals surface area contributed by atoms with Gasteiger partial charge < -0.3 is 24.6 Å². The van der Waals surface area contributed by atoms with E-state index in [2.05, 4.69) is 48.2 Å². The highest BCUT2D eigenvalue weighted by Crippen LogP contribution is 2.44. The molecule has 0 aliphatic carbocycles. The molecule has 6 aliphatic rings. The van der Waals surface area contributed by atoms with Crippen LogP contribution >= 0.6 is 0 Å². The number of likely N-dealkylation sites (tertiary alicyclic amines) is 1. The van der Waals surface area contributed by atoms with Gasteiger partial charge in [0.1, 0.15) is 23.7 Å². The molecule has 348 valence electrons. The van der Waals surface area contributed by atoms with Crippen LogP contribution in [0.25, 0.3) is 22.2 Å². The fourth-order valence-electron chi connectivity index (χ4n) is 11.0. The second-order valence-corrected chi connectivity index (χ2v) is 20.7. The summed E-state index contributed by atoms with van der Waals surface area (Å²) in [4.78, 5) is 67.3. The molecule has 2 aromatic heterocycles. The standard InChI is InChI=1S/C48H48F3N9O6S/c49-32-13-16-59(23-32)67(65,66)55-39-8-7-38(50)42(43(39)51)44(62)37-20-53-45-36(37)18-30(19-52-45)29-1-3-33(4-2-29)57-14-11-28(12-15-57)21-56-24-48(25-56)26-58(27-48)34-5-6-35-31(17-34)22-60(47(35)64)40-9-10-41(61)54-46(40)63/h1-8,17-20,28,32,40,55H,9-16,21-27H2,(H,52,53)(H,54,61,63)/t32-,40?/m1/s1. The van der Waals surface area contributed by atoms with Gasteiger partial charge in [-0.15, -0.1) is 0 Å². The van der Waals surface area contributed by atoms with E-state index in [1.807, 2.05) is 29.0 Å². The lowest BCUT2D eigenvalue weighted by atomic mass is 9.72. The van der Waals surface area contributed by atoms with E-state index in [9.17, 15) is 32.0 Å². The van der Waals surface area contributed by atoms with Crippen molar-refractivity contribution in [3.8, 4) is 11.1 Å². The quantitative estimate of drug-likeness (QED) is 0.118. The predicted molar refractivity (Wildman–Crippen MR) is 243 cm³/mol. The van der Waals surface area contributed by atoms with Gasteiger partial charge in [-0.05, 0) is 91.3 Å². The summed E-state index contributed by atoms with van der Waals surface area (Å²) in [6.45, 7) is 6.95. The van der Waals surface area contributed by atoms with Crippen LogP contribution in [0.15, 0.2) is 73.1 Å². The summed E-state index contributed by atoms with van der Waals surface area (Å²) in [6, 6.07) is 16.9. The molecule has 3 amide bonds. The first-order valence-corrected chi connectivity index (χ1v) is 24.2. The molecule has 1 unspecified atom stereocenters. The number of rotatable bonds is 11. The number of pyridine rings is 1. The van der Waals surface area contributed by atoms with Gasteiger partial charge in [-0.25, -0.2) is 18.2 Å². The summed E-state index contributed by atoms with van der Waals surface area (Å²) in [5, 5.41) is 2.70. The molecular weight excluding hydrogens is 888 g/mol. The van der Waals surface area contributed by atoms with Gasteiger partial charge in [-0.2, -0.15) is 12.7 Å². The van der Waals surface area contributed by atoms with Crippen molar-refractivity contribution < 1.29 is 40.8 Å². The molecule has 5 fully saturated rings. The number of H-pyrrole nitrogens is 1. The van der Waals surface area contributed by atoms with Crippen molar-refractivity contribution in [2.45, 2.75) is 50.9 Å². The van der Waals surface area contributed by atoms with Crippen LogP contribution in [-0.2, 0) is 26.3 Å². The largest absolute Gasteiger partial charge is 0.372 e. The Morgan fingerprint density at radius 1 is 0.866 bits per heavy atom. The SMILES string of the molecule is O=C1CCC(N2Cc3cc(N4CC5(CN(CC6CCN(c7ccc(-c8cnc9[nH]cc(C(=O)c%10c(F)ccc(NS(=O)(=O)N%11CC[C@@H](F)C%11)c%10F)c9c8)cc7)CC6)C5)C4)ccc3C2=O)C(=O)N1. The summed E-state index contributed by atoms with van der Waals surface area (Å²) in [5.41, 5.74) is 4.30. The molecule has 3 aromatic carbocycles. The number of nitrogens with one attached hydrogen (secondary N) is 3. The van der Waals surface area contributed by atoms with E-state index in [1.165, 1.54) is 6.20 Å². The summed E-state index contributed by atoms with van der Waals surface area (Å²) >= 11 is 0. The van der Waals surface area contributed by atoms with Crippen molar-refractivity contribution in [3.05, 3.63) is 107 Å². The second kappa shape index (κ2) is 16.5. The number of hydrogen-bond donors (Lipinski definition) is 3. The van der Waals surface area contributed by atoms with Gasteiger partial charge in [0, 0.05) is 123 Å². The number of piperidine rings is 2. The average molecular weight is 936 g/mol. The fourth-order valence-corrected chi connectivity index (χ4v) is 12.2. The van der Waals surface area contributed by atoms with Gasteiger partial charge in [-0.1, -0.05) is 12.1 Å². The number of anilines is 3. The number of benzene rings is 3. The molecule has 3 N–H and O–H groups in total.